The van der Waals surface area contributed by atoms with Crippen molar-refractivity contribution in [3.05, 3.63) is 34.9 Å². The van der Waals surface area contributed by atoms with Gasteiger partial charge in [-0.1, -0.05) is 80.5 Å². The lowest BCUT2D eigenvalue weighted by atomic mass is 9.80. The number of ether oxygens (including phenoxy) is 1. The van der Waals surface area contributed by atoms with E-state index in [0.29, 0.717) is 5.41 Å². The maximum absolute atomic E-state index is 8.00. The van der Waals surface area contributed by atoms with Gasteiger partial charge in [0.15, 0.2) is 0 Å². The van der Waals surface area contributed by atoms with Crippen LogP contribution in [0.4, 0.5) is 0 Å². The van der Waals surface area contributed by atoms with Gasteiger partial charge in [-0.3, -0.25) is 0 Å². The number of methoxy groups -OCH3 is 1. The number of rotatable bonds is 1. The quantitative estimate of drug-likeness (QED) is 0.621. The van der Waals surface area contributed by atoms with Crippen molar-refractivity contribution in [2.24, 2.45) is 5.41 Å². The van der Waals surface area contributed by atoms with Crippen LogP contribution in [-0.2, 0) is 25.2 Å². The third-order valence-electron chi connectivity index (χ3n) is 3.48. The Morgan fingerprint density at radius 2 is 1.23 bits per heavy atom. The molecule has 0 radical (unpaired) electrons. The van der Waals surface area contributed by atoms with Crippen LogP contribution in [0.5, 0.6) is 0 Å². The predicted molar refractivity (Wildman–Crippen MR) is 114 cm³/mol. The lowest BCUT2D eigenvalue weighted by Gasteiger charge is -2.25. The summed E-state index contributed by atoms with van der Waals surface area (Å²) in [6.07, 6.45) is 0. The first-order valence-corrected chi connectivity index (χ1v) is 8.87. The Labute approximate surface area is 162 Å². The van der Waals surface area contributed by atoms with Crippen molar-refractivity contribution in [3.8, 4) is 0 Å². The van der Waals surface area contributed by atoms with Crippen LogP contribution in [0.3, 0.4) is 0 Å². The van der Waals surface area contributed by atoms with Crippen molar-refractivity contribution in [2.75, 3.05) is 13.7 Å². The van der Waals surface area contributed by atoms with E-state index in [0.717, 1.165) is 6.61 Å². The highest BCUT2D eigenvalue weighted by Crippen LogP contribution is 2.30. The minimum absolute atomic E-state index is 0.250. The standard InChI is InChI=1S/C15H24.C6H14O.2CH2O/c1-11-10-12(14(2,3)4)8-9-13(11)15(5,6)7;1-6(2,3)5-7-4;2*1-2/h8-10H,1-7H3;5H2,1-4H3;2*1H2. The molecule has 1 aromatic carbocycles. The van der Waals surface area contributed by atoms with Crippen LogP contribution in [0, 0.1) is 12.3 Å². The lowest BCUT2D eigenvalue weighted by Crippen LogP contribution is -2.16. The van der Waals surface area contributed by atoms with Crippen LogP contribution in [0.15, 0.2) is 18.2 Å². The summed E-state index contributed by atoms with van der Waals surface area (Å²) in [6.45, 7) is 27.1. The number of carbonyl (C=O) groups excluding carboxylic acids is 2. The molecule has 0 atom stereocenters. The minimum atomic E-state index is 0.250. The number of hydrogen-bond donors (Lipinski definition) is 0. The topological polar surface area (TPSA) is 43.4 Å². The molecule has 0 aliphatic rings. The van der Waals surface area contributed by atoms with Crippen molar-refractivity contribution >= 4 is 13.6 Å². The summed E-state index contributed by atoms with van der Waals surface area (Å²) in [6, 6.07) is 6.89. The molecule has 3 nitrogen and oxygen atoms in total. The van der Waals surface area contributed by atoms with Gasteiger partial charge in [0.2, 0.25) is 0 Å². The fraction of sp³-hybridized carbons (Fsp3) is 0.652. The second-order valence-electron chi connectivity index (χ2n) is 9.52. The number of benzene rings is 1. The first kappa shape index (κ1) is 29.3. The SMILES string of the molecule is C=O.C=O.COCC(C)(C)C.Cc1cc(C(C)(C)C)ccc1C(C)(C)C. The predicted octanol–water partition coefficient (Wildman–Crippen LogP) is 5.90. The van der Waals surface area contributed by atoms with E-state index in [1.807, 2.05) is 13.6 Å². The third-order valence-corrected chi connectivity index (χ3v) is 3.48. The molecule has 0 aliphatic heterocycles. The molecule has 152 valence electrons. The van der Waals surface area contributed by atoms with E-state index in [2.05, 4.69) is 87.4 Å². The van der Waals surface area contributed by atoms with E-state index in [-0.39, 0.29) is 10.8 Å². The van der Waals surface area contributed by atoms with Crippen LogP contribution in [-0.4, -0.2) is 27.3 Å². The summed E-state index contributed by atoms with van der Waals surface area (Å²) >= 11 is 0. The maximum atomic E-state index is 8.00. The Morgan fingerprint density at radius 3 is 1.42 bits per heavy atom. The summed E-state index contributed by atoms with van der Waals surface area (Å²) in [7, 11) is 1.73. The molecule has 0 saturated carbocycles. The van der Waals surface area contributed by atoms with Gasteiger partial charge >= 0.3 is 0 Å². The molecule has 0 bridgehead atoms. The van der Waals surface area contributed by atoms with E-state index < -0.39 is 0 Å². The molecule has 3 heteroatoms. The average Bonchev–Trinajstić information content (AvgIpc) is 2.48. The molecule has 1 rings (SSSR count). The first-order valence-electron chi connectivity index (χ1n) is 8.87. The number of aryl methyl sites for hydroxylation is 1. The molecule has 0 heterocycles. The van der Waals surface area contributed by atoms with Crippen molar-refractivity contribution < 1.29 is 14.3 Å². The van der Waals surface area contributed by atoms with Crippen molar-refractivity contribution in [1.29, 1.82) is 0 Å². The van der Waals surface area contributed by atoms with E-state index >= 15 is 0 Å². The van der Waals surface area contributed by atoms with Gasteiger partial charge in [0.05, 0.1) is 6.61 Å². The van der Waals surface area contributed by atoms with Gasteiger partial charge in [-0.25, -0.2) is 0 Å². The van der Waals surface area contributed by atoms with Crippen LogP contribution in [0.1, 0.15) is 79.0 Å². The second-order valence-corrected chi connectivity index (χ2v) is 9.52. The van der Waals surface area contributed by atoms with Gasteiger partial charge in [-0.15, -0.1) is 0 Å². The Bertz CT molecular complexity index is 484. The van der Waals surface area contributed by atoms with Crippen molar-refractivity contribution in [1.82, 2.24) is 0 Å². The van der Waals surface area contributed by atoms with Gasteiger partial charge in [0, 0.05) is 7.11 Å². The highest BCUT2D eigenvalue weighted by molar-refractivity contribution is 5.37. The van der Waals surface area contributed by atoms with Crippen LogP contribution < -0.4 is 0 Å². The van der Waals surface area contributed by atoms with Crippen molar-refractivity contribution in [3.63, 3.8) is 0 Å². The molecule has 0 aromatic heterocycles. The summed E-state index contributed by atoms with van der Waals surface area (Å²) in [5.41, 5.74) is 5.12. The average molecular weight is 367 g/mol. The molecule has 0 spiro atoms. The fourth-order valence-electron chi connectivity index (χ4n) is 2.40. The van der Waals surface area contributed by atoms with Gasteiger partial charge in [-0.2, -0.15) is 0 Å². The largest absolute Gasteiger partial charge is 0.384 e. The van der Waals surface area contributed by atoms with Gasteiger partial charge in [-0.05, 0) is 39.9 Å². The first-order chi connectivity index (χ1) is 11.7. The van der Waals surface area contributed by atoms with E-state index in [1.165, 1.54) is 16.7 Å². The Morgan fingerprint density at radius 1 is 0.808 bits per heavy atom. The molecule has 0 amide bonds. The Kier molecular flexibility index (Phi) is 14.4. The van der Waals surface area contributed by atoms with E-state index in [4.69, 9.17) is 14.3 Å². The summed E-state index contributed by atoms with van der Waals surface area (Å²) in [5, 5.41) is 0. The molecule has 26 heavy (non-hydrogen) atoms. The Hall–Kier alpha value is -1.48. The summed E-state index contributed by atoms with van der Waals surface area (Å²) in [5.74, 6) is 0. The van der Waals surface area contributed by atoms with Crippen LogP contribution in [0.25, 0.3) is 0 Å². The summed E-state index contributed by atoms with van der Waals surface area (Å²) < 4.78 is 4.91. The van der Waals surface area contributed by atoms with Gasteiger partial charge < -0.3 is 14.3 Å². The number of carbonyl (C=O) groups is 2. The fourth-order valence-corrected chi connectivity index (χ4v) is 2.40. The molecule has 0 fully saturated rings. The monoisotopic (exact) mass is 366 g/mol. The highest BCUT2D eigenvalue weighted by Gasteiger charge is 2.19. The molecule has 0 aliphatic carbocycles. The van der Waals surface area contributed by atoms with Crippen LogP contribution in [0.2, 0.25) is 0 Å². The van der Waals surface area contributed by atoms with E-state index in [1.54, 1.807) is 7.11 Å². The minimum Gasteiger partial charge on any atom is -0.384 e. The van der Waals surface area contributed by atoms with Gasteiger partial charge in [0.1, 0.15) is 13.6 Å². The zero-order valence-corrected chi connectivity index (χ0v) is 19.1. The molecule has 0 unspecified atom stereocenters. The van der Waals surface area contributed by atoms with Crippen LogP contribution >= 0.6 is 0 Å². The smallest absolute Gasteiger partial charge is 0.106 e. The van der Waals surface area contributed by atoms with E-state index in [9.17, 15) is 0 Å². The van der Waals surface area contributed by atoms with Crippen molar-refractivity contribution in [2.45, 2.75) is 80.1 Å². The molecule has 1 aromatic rings. The van der Waals surface area contributed by atoms with Gasteiger partial charge in [0.25, 0.3) is 0 Å². The highest BCUT2D eigenvalue weighted by atomic mass is 16.5. The number of hydrogen-bond acceptors (Lipinski definition) is 3. The zero-order valence-electron chi connectivity index (χ0n) is 19.1. The Balaban J connectivity index is -0.000000405. The normalized spacial score (nSPS) is 11.0. The maximum Gasteiger partial charge on any atom is 0.106 e. The summed E-state index contributed by atoms with van der Waals surface area (Å²) in [4.78, 5) is 16.0. The molecule has 0 N–H and O–H groups in total. The molecule has 0 saturated heterocycles. The second kappa shape index (κ2) is 12.8. The third kappa shape index (κ3) is 13.8. The molecular formula is C23H42O3. The zero-order chi connectivity index (χ0) is 21.8. The lowest BCUT2D eigenvalue weighted by molar-refractivity contribution is -0.0987. The molecular weight excluding hydrogens is 324 g/mol.